The molecule has 1 aliphatic rings. The molecular weight excluding hydrogens is 585 g/mol. The van der Waals surface area contributed by atoms with Crippen LogP contribution in [0, 0.1) is 11.6 Å². The Morgan fingerprint density at radius 3 is 2.55 bits per heavy atom. The fraction of sp³-hybridized carbons (Fsp3) is 0.292. The third-order valence-electron chi connectivity index (χ3n) is 5.40. The molecule has 1 saturated carbocycles. The standard InChI is InChI=1S/C24H20Cl2F2N2O6S2/c1-2-35-20(31)11-17-22(26)37-24(29-17)30-23(32)21(36-18-7-4-13(27)10-16(18)28)12-3-8-19(15(25)9-12)38(33,34)14-5-6-14/h3-4,7-10,14,21H,2,5-6,11H2,1H3,(H,29,30,32). The van der Waals surface area contributed by atoms with Crippen molar-refractivity contribution in [2.75, 3.05) is 11.9 Å². The SMILES string of the molecule is CCOC(=O)Cc1nc(NC(=O)C(Oc2ccc(F)cc2F)c2ccc(S(=O)(=O)C3CC3)c(Cl)c2)sc1Cl. The van der Waals surface area contributed by atoms with E-state index in [9.17, 15) is 26.8 Å². The third kappa shape index (κ3) is 6.42. The van der Waals surface area contributed by atoms with Gasteiger partial charge in [-0.05, 0) is 44.0 Å². The van der Waals surface area contributed by atoms with Crippen molar-refractivity contribution in [2.24, 2.45) is 0 Å². The second-order valence-corrected chi connectivity index (χ2v) is 12.4. The maximum absolute atomic E-state index is 14.4. The summed E-state index contributed by atoms with van der Waals surface area (Å²) < 4.78 is 63.7. The second kappa shape index (κ2) is 11.5. The lowest BCUT2D eigenvalue weighted by Crippen LogP contribution is -2.26. The quantitative estimate of drug-likeness (QED) is 0.303. The summed E-state index contributed by atoms with van der Waals surface area (Å²) in [4.78, 5) is 29.1. The largest absolute Gasteiger partial charge is 0.473 e. The van der Waals surface area contributed by atoms with Crippen LogP contribution in [-0.4, -0.2) is 37.1 Å². The lowest BCUT2D eigenvalue weighted by molar-refractivity contribution is -0.142. The number of anilines is 1. The van der Waals surface area contributed by atoms with Gasteiger partial charge < -0.3 is 9.47 Å². The summed E-state index contributed by atoms with van der Waals surface area (Å²) in [6.07, 6.45) is -0.701. The molecule has 1 aliphatic carbocycles. The molecule has 0 spiro atoms. The van der Waals surface area contributed by atoms with Gasteiger partial charge in [0.15, 0.2) is 26.5 Å². The summed E-state index contributed by atoms with van der Waals surface area (Å²) in [5.41, 5.74) is 0.283. The molecule has 0 aliphatic heterocycles. The number of amides is 1. The number of rotatable bonds is 10. The molecule has 1 amide bonds. The number of carbonyl (C=O) groups excluding carboxylic acids is 2. The van der Waals surface area contributed by atoms with Gasteiger partial charge in [0.1, 0.15) is 10.2 Å². The number of nitrogens with one attached hydrogen (secondary N) is 1. The maximum atomic E-state index is 14.4. The number of halogens is 4. The summed E-state index contributed by atoms with van der Waals surface area (Å²) in [5, 5.41) is 1.88. The van der Waals surface area contributed by atoms with E-state index >= 15 is 0 Å². The number of hydrogen-bond donors (Lipinski definition) is 1. The van der Waals surface area contributed by atoms with Gasteiger partial charge in [0.25, 0.3) is 5.91 Å². The van der Waals surface area contributed by atoms with Gasteiger partial charge in [-0.15, -0.1) is 0 Å². The highest BCUT2D eigenvalue weighted by molar-refractivity contribution is 7.92. The number of hydrogen-bond acceptors (Lipinski definition) is 8. The summed E-state index contributed by atoms with van der Waals surface area (Å²) in [6, 6.07) is 6.37. The molecule has 1 unspecified atom stereocenters. The zero-order chi connectivity index (χ0) is 27.6. The Morgan fingerprint density at radius 1 is 1.18 bits per heavy atom. The average molecular weight is 605 g/mol. The van der Waals surface area contributed by atoms with Crippen molar-refractivity contribution in [1.82, 2.24) is 4.98 Å². The van der Waals surface area contributed by atoms with E-state index in [1.165, 1.54) is 18.2 Å². The predicted octanol–water partition coefficient (Wildman–Crippen LogP) is 5.53. The number of nitrogens with zero attached hydrogens (tertiary/aromatic N) is 1. The van der Waals surface area contributed by atoms with E-state index in [4.69, 9.17) is 32.7 Å². The van der Waals surface area contributed by atoms with Crippen LogP contribution in [0.4, 0.5) is 13.9 Å². The van der Waals surface area contributed by atoms with Crippen LogP contribution in [0.5, 0.6) is 5.75 Å². The molecule has 1 fully saturated rings. The van der Waals surface area contributed by atoms with Gasteiger partial charge in [-0.3, -0.25) is 14.9 Å². The van der Waals surface area contributed by atoms with Gasteiger partial charge in [0, 0.05) is 11.6 Å². The number of ether oxygens (including phenoxy) is 2. The van der Waals surface area contributed by atoms with Gasteiger partial charge in [-0.25, -0.2) is 22.2 Å². The monoisotopic (exact) mass is 604 g/mol. The summed E-state index contributed by atoms with van der Waals surface area (Å²) >= 11 is 13.3. The minimum Gasteiger partial charge on any atom is -0.473 e. The Morgan fingerprint density at radius 2 is 1.92 bits per heavy atom. The number of aromatic nitrogens is 1. The van der Waals surface area contributed by atoms with Crippen molar-refractivity contribution >= 4 is 61.4 Å². The van der Waals surface area contributed by atoms with Gasteiger partial charge in [-0.1, -0.05) is 40.6 Å². The van der Waals surface area contributed by atoms with E-state index in [1.807, 2.05) is 0 Å². The smallest absolute Gasteiger partial charge is 0.311 e. The van der Waals surface area contributed by atoms with Crippen LogP contribution in [0.1, 0.15) is 37.1 Å². The number of thiazole rings is 1. The number of sulfone groups is 1. The minimum absolute atomic E-state index is 0.0199. The van der Waals surface area contributed by atoms with Gasteiger partial charge in [0.05, 0.1) is 33.9 Å². The molecule has 1 aromatic heterocycles. The first-order valence-electron chi connectivity index (χ1n) is 11.3. The van der Waals surface area contributed by atoms with Crippen molar-refractivity contribution < 1.29 is 36.3 Å². The average Bonchev–Trinajstić information content (AvgIpc) is 3.64. The topological polar surface area (TPSA) is 112 Å². The van der Waals surface area contributed by atoms with E-state index < -0.39 is 50.5 Å². The summed E-state index contributed by atoms with van der Waals surface area (Å²) in [5.74, 6) is -3.73. The molecule has 14 heteroatoms. The number of carbonyl (C=O) groups is 2. The van der Waals surface area contributed by atoms with Crippen LogP contribution < -0.4 is 10.1 Å². The fourth-order valence-electron chi connectivity index (χ4n) is 3.45. The first-order chi connectivity index (χ1) is 18.0. The Labute approximate surface area is 230 Å². The predicted molar refractivity (Wildman–Crippen MR) is 137 cm³/mol. The normalized spacial score (nSPS) is 14.1. The van der Waals surface area contributed by atoms with Crippen LogP contribution in [0.2, 0.25) is 9.36 Å². The van der Waals surface area contributed by atoms with Crippen LogP contribution in [-0.2, 0) is 30.6 Å². The van der Waals surface area contributed by atoms with Crippen molar-refractivity contribution in [3.8, 4) is 5.75 Å². The molecule has 1 N–H and O–H groups in total. The second-order valence-electron chi connectivity index (χ2n) is 8.22. The van der Waals surface area contributed by atoms with Crippen molar-refractivity contribution in [3.05, 3.63) is 68.6 Å². The first kappa shape index (κ1) is 28.2. The molecule has 0 bridgehead atoms. The van der Waals surface area contributed by atoms with Crippen molar-refractivity contribution in [3.63, 3.8) is 0 Å². The van der Waals surface area contributed by atoms with Crippen LogP contribution >= 0.6 is 34.5 Å². The Kier molecular flexibility index (Phi) is 8.55. The molecule has 202 valence electrons. The minimum atomic E-state index is -3.63. The highest BCUT2D eigenvalue weighted by Gasteiger charge is 2.38. The molecule has 2 aromatic carbocycles. The summed E-state index contributed by atoms with van der Waals surface area (Å²) in [6.45, 7) is 1.82. The third-order valence-corrected chi connectivity index (χ3v) is 9.40. The molecule has 0 saturated heterocycles. The van der Waals surface area contributed by atoms with E-state index in [2.05, 4.69) is 10.3 Å². The van der Waals surface area contributed by atoms with Crippen LogP contribution in [0.3, 0.4) is 0 Å². The van der Waals surface area contributed by atoms with E-state index in [0.717, 1.165) is 23.5 Å². The van der Waals surface area contributed by atoms with Crippen LogP contribution in [0.15, 0.2) is 41.3 Å². The molecule has 1 atom stereocenters. The molecule has 38 heavy (non-hydrogen) atoms. The van der Waals surface area contributed by atoms with E-state index in [1.54, 1.807) is 6.92 Å². The highest BCUT2D eigenvalue weighted by atomic mass is 35.5. The number of benzene rings is 2. The molecular formula is C24H20Cl2F2N2O6S2. The van der Waals surface area contributed by atoms with Crippen LogP contribution in [0.25, 0.3) is 0 Å². The molecule has 8 nitrogen and oxygen atoms in total. The lowest BCUT2D eigenvalue weighted by Gasteiger charge is -2.20. The van der Waals surface area contributed by atoms with Crippen molar-refractivity contribution in [2.45, 2.75) is 42.4 Å². The fourth-order valence-corrected chi connectivity index (χ4v) is 6.71. The molecule has 0 radical (unpaired) electrons. The zero-order valence-corrected chi connectivity index (χ0v) is 22.8. The van der Waals surface area contributed by atoms with Gasteiger partial charge in [0.2, 0.25) is 6.10 Å². The Hall–Kier alpha value is -2.80. The van der Waals surface area contributed by atoms with E-state index in [-0.39, 0.29) is 43.7 Å². The number of esters is 1. The highest BCUT2D eigenvalue weighted by Crippen LogP contribution is 2.38. The summed E-state index contributed by atoms with van der Waals surface area (Å²) in [7, 11) is -3.63. The Balaban J connectivity index is 1.64. The zero-order valence-electron chi connectivity index (χ0n) is 19.7. The lowest BCUT2D eigenvalue weighted by atomic mass is 10.1. The van der Waals surface area contributed by atoms with Gasteiger partial charge >= 0.3 is 5.97 Å². The van der Waals surface area contributed by atoms with E-state index in [0.29, 0.717) is 18.9 Å². The molecule has 3 aromatic rings. The van der Waals surface area contributed by atoms with Gasteiger partial charge in [-0.2, -0.15) is 0 Å². The molecule has 1 heterocycles. The first-order valence-corrected chi connectivity index (χ1v) is 14.4. The Bertz CT molecular complexity index is 1500. The molecule has 4 rings (SSSR count). The maximum Gasteiger partial charge on any atom is 0.311 e. The van der Waals surface area contributed by atoms with Crippen molar-refractivity contribution in [1.29, 1.82) is 0 Å².